The average Bonchev–Trinajstić information content (AvgIpc) is 2.83. The summed E-state index contributed by atoms with van der Waals surface area (Å²) in [4.78, 5) is 25.0. The summed E-state index contributed by atoms with van der Waals surface area (Å²) in [5.41, 5.74) is 4.26. The van der Waals surface area contributed by atoms with E-state index in [0.29, 0.717) is 0 Å². The van der Waals surface area contributed by atoms with Crippen LogP contribution in [0.2, 0.25) is 0 Å². The zero-order chi connectivity index (χ0) is 17.1. The quantitative estimate of drug-likeness (QED) is 0.829. The van der Waals surface area contributed by atoms with Crippen LogP contribution in [0.4, 0.5) is 5.69 Å². The highest BCUT2D eigenvalue weighted by Gasteiger charge is 2.30. The Bertz CT molecular complexity index is 827. The Hall–Kier alpha value is -2.92. The van der Waals surface area contributed by atoms with Crippen molar-refractivity contribution in [2.75, 3.05) is 18.5 Å². The number of aryl methyl sites for hydroxylation is 1. The normalized spacial score (nSPS) is 14.1. The molecule has 0 saturated carbocycles. The molecular weight excluding hydrogens is 304 g/mol. The van der Waals surface area contributed by atoms with Crippen molar-refractivity contribution >= 4 is 17.5 Å². The molecule has 122 valence electrons. The van der Waals surface area contributed by atoms with Crippen LogP contribution in [0.1, 0.15) is 5.56 Å². The highest BCUT2D eigenvalue weighted by molar-refractivity contribution is 6.17. The number of rotatable bonds is 5. The monoisotopic (exact) mass is 322 g/mol. The molecule has 0 spiro atoms. The van der Waals surface area contributed by atoms with Gasteiger partial charge in [0.1, 0.15) is 5.70 Å². The number of aliphatic hydroxyl groups excluding tert-OH is 1. The second-order valence-corrected chi connectivity index (χ2v) is 5.60. The summed E-state index contributed by atoms with van der Waals surface area (Å²) in [6.45, 7) is 1.80. The van der Waals surface area contributed by atoms with Gasteiger partial charge in [-0.2, -0.15) is 0 Å². The summed E-state index contributed by atoms with van der Waals surface area (Å²) in [6.07, 6.45) is 1.26. The first kappa shape index (κ1) is 16.0. The minimum atomic E-state index is -0.421. The number of benzene rings is 2. The van der Waals surface area contributed by atoms with E-state index in [-0.39, 0.29) is 18.8 Å². The first-order valence-electron chi connectivity index (χ1n) is 7.71. The molecular formula is C19H18N2O3. The van der Waals surface area contributed by atoms with Crippen LogP contribution in [0, 0.1) is 6.92 Å². The van der Waals surface area contributed by atoms with Crippen molar-refractivity contribution in [3.8, 4) is 11.1 Å². The molecule has 3 rings (SSSR count). The lowest BCUT2D eigenvalue weighted by molar-refractivity contribution is -0.137. The van der Waals surface area contributed by atoms with Crippen molar-refractivity contribution in [1.29, 1.82) is 0 Å². The van der Waals surface area contributed by atoms with Gasteiger partial charge in [-0.15, -0.1) is 0 Å². The fourth-order valence-corrected chi connectivity index (χ4v) is 2.73. The first-order valence-corrected chi connectivity index (χ1v) is 7.71. The van der Waals surface area contributed by atoms with E-state index in [4.69, 9.17) is 5.11 Å². The third kappa shape index (κ3) is 3.07. The molecule has 5 heteroatoms. The van der Waals surface area contributed by atoms with Crippen molar-refractivity contribution in [3.05, 3.63) is 65.9 Å². The molecule has 0 bridgehead atoms. The smallest absolute Gasteiger partial charge is 0.277 e. The van der Waals surface area contributed by atoms with Gasteiger partial charge in [0.05, 0.1) is 13.2 Å². The van der Waals surface area contributed by atoms with Crippen LogP contribution in [0.25, 0.3) is 11.1 Å². The molecule has 0 unspecified atom stereocenters. The number of amides is 2. The van der Waals surface area contributed by atoms with Crippen LogP contribution in [0.15, 0.2) is 60.3 Å². The lowest BCUT2D eigenvalue weighted by Gasteiger charge is -2.14. The molecule has 1 aliphatic rings. The highest BCUT2D eigenvalue weighted by Crippen LogP contribution is 2.26. The molecule has 2 N–H and O–H groups in total. The number of nitrogens with one attached hydrogen (secondary N) is 1. The maximum atomic E-state index is 12.2. The van der Waals surface area contributed by atoms with Crippen LogP contribution in [-0.4, -0.2) is 35.0 Å². The van der Waals surface area contributed by atoms with Crippen LogP contribution in [0.5, 0.6) is 0 Å². The molecule has 0 aliphatic carbocycles. The summed E-state index contributed by atoms with van der Waals surface area (Å²) in [6, 6.07) is 15.7. The number of imide groups is 1. The molecule has 5 nitrogen and oxygen atoms in total. The summed E-state index contributed by atoms with van der Waals surface area (Å²) < 4.78 is 0. The Morgan fingerprint density at radius 3 is 2.62 bits per heavy atom. The Morgan fingerprint density at radius 1 is 1.08 bits per heavy atom. The summed E-state index contributed by atoms with van der Waals surface area (Å²) in [5.74, 6) is -0.832. The average molecular weight is 322 g/mol. The summed E-state index contributed by atoms with van der Waals surface area (Å²) >= 11 is 0. The predicted molar refractivity (Wildman–Crippen MR) is 92.1 cm³/mol. The van der Waals surface area contributed by atoms with Crippen molar-refractivity contribution in [2.24, 2.45) is 0 Å². The Kier molecular flexibility index (Phi) is 4.44. The van der Waals surface area contributed by atoms with Crippen LogP contribution < -0.4 is 5.32 Å². The standard InChI is InChI=1S/C19H18N2O3/c1-13-5-2-3-8-16(13)14-6-4-7-15(11-14)20-17-12-18(23)21(9-10-22)19(17)24/h2-8,11-12,20,22H,9-10H2,1H3. The number of β-amino-alcohol motifs (C(OH)–C–C–N with tert-alkyl or cyclic N) is 1. The van der Waals surface area contributed by atoms with E-state index in [2.05, 4.69) is 5.32 Å². The zero-order valence-electron chi connectivity index (χ0n) is 13.3. The number of carbonyl (C=O) groups excluding carboxylic acids is 2. The van der Waals surface area contributed by atoms with Gasteiger partial charge in [0.25, 0.3) is 11.8 Å². The van der Waals surface area contributed by atoms with Gasteiger partial charge >= 0.3 is 0 Å². The van der Waals surface area contributed by atoms with Crippen LogP contribution in [-0.2, 0) is 9.59 Å². The van der Waals surface area contributed by atoms with Crippen LogP contribution in [0.3, 0.4) is 0 Å². The number of anilines is 1. The molecule has 2 aromatic rings. The molecule has 0 aromatic heterocycles. The van der Waals surface area contributed by atoms with Gasteiger partial charge < -0.3 is 10.4 Å². The molecule has 1 aliphatic heterocycles. The van der Waals surface area contributed by atoms with Crippen molar-refractivity contribution in [1.82, 2.24) is 4.90 Å². The Labute approximate surface area is 140 Å². The fourth-order valence-electron chi connectivity index (χ4n) is 2.73. The van der Waals surface area contributed by atoms with E-state index in [9.17, 15) is 9.59 Å². The highest BCUT2D eigenvalue weighted by atomic mass is 16.3. The maximum Gasteiger partial charge on any atom is 0.277 e. The minimum absolute atomic E-state index is 0.00258. The number of hydrogen-bond acceptors (Lipinski definition) is 4. The van der Waals surface area contributed by atoms with E-state index in [0.717, 1.165) is 27.3 Å². The molecule has 2 aromatic carbocycles. The molecule has 0 saturated heterocycles. The van der Waals surface area contributed by atoms with Gasteiger partial charge in [0, 0.05) is 11.8 Å². The molecule has 0 fully saturated rings. The predicted octanol–water partition coefficient (Wildman–Crippen LogP) is 2.32. The second kappa shape index (κ2) is 6.68. The molecule has 0 radical (unpaired) electrons. The van der Waals surface area contributed by atoms with Gasteiger partial charge in [0.15, 0.2) is 0 Å². The van der Waals surface area contributed by atoms with E-state index in [1.807, 2.05) is 55.5 Å². The van der Waals surface area contributed by atoms with Gasteiger partial charge in [-0.3, -0.25) is 14.5 Å². The van der Waals surface area contributed by atoms with Gasteiger partial charge in [-0.1, -0.05) is 36.4 Å². The SMILES string of the molecule is Cc1ccccc1-c1cccc(NC2=CC(=O)N(CCO)C2=O)c1. The van der Waals surface area contributed by atoms with E-state index >= 15 is 0 Å². The number of aliphatic hydroxyl groups is 1. The topological polar surface area (TPSA) is 69.6 Å². The number of carbonyl (C=O) groups is 2. The van der Waals surface area contributed by atoms with E-state index in [1.54, 1.807) is 0 Å². The Morgan fingerprint density at radius 2 is 1.88 bits per heavy atom. The van der Waals surface area contributed by atoms with Crippen molar-refractivity contribution in [2.45, 2.75) is 6.92 Å². The fraction of sp³-hybridized carbons (Fsp3) is 0.158. The molecule has 2 amide bonds. The minimum Gasteiger partial charge on any atom is -0.395 e. The largest absolute Gasteiger partial charge is 0.395 e. The van der Waals surface area contributed by atoms with Gasteiger partial charge in [0.2, 0.25) is 0 Å². The maximum absolute atomic E-state index is 12.2. The van der Waals surface area contributed by atoms with E-state index < -0.39 is 11.8 Å². The lowest BCUT2D eigenvalue weighted by Crippen LogP contribution is -2.34. The third-order valence-electron chi connectivity index (χ3n) is 3.93. The second-order valence-electron chi connectivity index (χ2n) is 5.60. The third-order valence-corrected chi connectivity index (χ3v) is 3.93. The summed E-state index contributed by atoms with van der Waals surface area (Å²) in [7, 11) is 0. The molecule has 1 heterocycles. The number of nitrogens with zero attached hydrogens (tertiary/aromatic N) is 1. The summed E-state index contributed by atoms with van der Waals surface area (Å²) in [5, 5.41) is 11.9. The zero-order valence-corrected chi connectivity index (χ0v) is 13.3. The first-order chi connectivity index (χ1) is 11.6. The Balaban J connectivity index is 1.84. The van der Waals surface area contributed by atoms with E-state index in [1.165, 1.54) is 6.08 Å². The van der Waals surface area contributed by atoms with Crippen molar-refractivity contribution < 1.29 is 14.7 Å². The van der Waals surface area contributed by atoms with Crippen LogP contribution >= 0.6 is 0 Å². The van der Waals surface area contributed by atoms with Gasteiger partial charge in [-0.05, 0) is 35.7 Å². The lowest BCUT2D eigenvalue weighted by atomic mass is 10.0. The van der Waals surface area contributed by atoms with Crippen molar-refractivity contribution in [3.63, 3.8) is 0 Å². The van der Waals surface area contributed by atoms with Gasteiger partial charge in [-0.25, -0.2) is 0 Å². The molecule has 0 atom stereocenters. The molecule has 24 heavy (non-hydrogen) atoms. The number of hydrogen-bond donors (Lipinski definition) is 2.